The van der Waals surface area contributed by atoms with Crippen LogP contribution >= 0.6 is 15.9 Å². The van der Waals surface area contributed by atoms with Crippen LogP contribution in [0.4, 0.5) is 4.39 Å². The van der Waals surface area contributed by atoms with Crippen LogP contribution in [0, 0.1) is 5.82 Å². The van der Waals surface area contributed by atoms with Crippen molar-refractivity contribution in [3.05, 3.63) is 33.5 Å². The lowest BCUT2D eigenvalue weighted by Gasteiger charge is -2.05. The quantitative estimate of drug-likeness (QED) is 0.847. The third kappa shape index (κ3) is 2.10. The number of aliphatic hydroxyl groups is 1. The van der Waals surface area contributed by atoms with Crippen molar-refractivity contribution in [2.45, 2.75) is 6.61 Å². The Labute approximate surface area is 89.1 Å². The third-order valence-corrected chi connectivity index (χ3v) is 2.34. The summed E-state index contributed by atoms with van der Waals surface area (Å²) in [7, 11) is 1.48. The largest absolute Gasteiger partial charge is 0.392 e. The highest BCUT2D eigenvalue weighted by atomic mass is 79.9. The van der Waals surface area contributed by atoms with Gasteiger partial charge in [0.25, 0.3) is 5.91 Å². The summed E-state index contributed by atoms with van der Waals surface area (Å²) in [5.74, 6) is -0.861. The Morgan fingerprint density at radius 2 is 2.29 bits per heavy atom. The zero-order valence-electron chi connectivity index (χ0n) is 7.47. The summed E-state index contributed by atoms with van der Waals surface area (Å²) in [5.41, 5.74) is 0.405. The monoisotopic (exact) mass is 261 g/mol. The molecule has 0 saturated heterocycles. The first-order valence-electron chi connectivity index (χ1n) is 3.91. The minimum Gasteiger partial charge on any atom is -0.392 e. The van der Waals surface area contributed by atoms with Gasteiger partial charge in [0.05, 0.1) is 11.1 Å². The molecule has 76 valence electrons. The summed E-state index contributed by atoms with van der Waals surface area (Å²) >= 11 is 2.97. The molecule has 0 aliphatic heterocycles. The molecule has 5 heteroatoms. The molecule has 0 fully saturated rings. The highest BCUT2D eigenvalue weighted by molar-refractivity contribution is 9.10. The molecule has 0 radical (unpaired) electrons. The number of aliphatic hydroxyl groups excluding tert-OH is 1. The summed E-state index contributed by atoms with van der Waals surface area (Å²) in [6.45, 7) is -0.435. The van der Waals surface area contributed by atoms with E-state index in [0.717, 1.165) is 0 Å². The molecular formula is C9H9BrFNO2. The SMILES string of the molecule is CNC(=O)c1cc(Br)c(F)c(CO)c1. The van der Waals surface area contributed by atoms with Gasteiger partial charge in [0, 0.05) is 18.2 Å². The molecule has 0 spiro atoms. The Kier molecular flexibility index (Phi) is 3.60. The molecule has 0 saturated carbocycles. The number of amides is 1. The number of carbonyl (C=O) groups excluding carboxylic acids is 1. The molecule has 1 rings (SSSR count). The molecule has 0 unspecified atom stereocenters. The zero-order chi connectivity index (χ0) is 10.7. The topological polar surface area (TPSA) is 49.3 Å². The van der Waals surface area contributed by atoms with Crippen molar-refractivity contribution in [1.82, 2.24) is 5.32 Å². The van der Waals surface area contributed by atoms with Crippen molar-refractivity contribution in [2.24, 2.45) is 0 Å². The third-order valence-electron chi connectivity index (χ3n) is 1.76. The van der Waals surface area contributed by atoms with Crippen LogP contribution in [0.3, 0.4) is 0 Å². The number of hydrogen-bond donors (Lipinski definition) is 2. The predicted octanol–water partition coefficient (Wildman–Crippen LogP) is 1.44. The van der Waals surface area contributed by atoms with E-state index < -0.39 is 12.4 Å². The first-order chi connectivity index (χ1) is 6.60. The molecule has 0 aliphatic rings. The molecule has 14 heavy (non-hydrogen) atoms. The first kappa shape index (κ1) is 11.1. The van der Waals surface area contributed by atoms with Crippen LogP contribution in [-0.4, -0.2) is 18.1 Å². The van der Waals surface area contributed by atoms with Crippen molar-refractivity contribution in [3.63, 3.8) is 0 Å². The maximum atomic E-state index is 13.2. The molecule has 0 bridgehead atoms. The zero-order valence-corrected chi connectivity index (χ0v) is 9.06. The van der Waals surface area contributed by atoms with Crippen LogP contribution in [0.5, 0.6) is 0 Å². The summed E-state index contributed by atoms with van der Waals surface area (Å²) in [5, 5.41) is 11.2. The van der Waals surface area contributed by atoms with E-state index in [1.165, 1.54) is 19.2 Å². The molecule has 0 aromatic heterocycles. The minimum absolute atomic E-state index is 0.0953. The summed E-state index contributed by atoms with van der Waals surface area (Å²) in [6.07, 6.45) is 0. The van der Waals surface area contributed by atoms with Gasteiger partial charge in [-0.05, 0) is 28.1 Å². The van der Waals surface area contributed by atoms with E-state index in [4.69, 9.17) is 5.11 Å². The lowest BCUT2D eigenvalue weighted by Crippen LogP contribution is -2.18. The number of rotatable bonds is 2. The summed E-state index contributed by atoms with van der Waals surface area (Å²) < 4.78 is 13.4. The van der Waals surface area contributed by atoms with Gasteiger partial charge in [0.2, 0.25) is 0 Å². The van der Waals surface area contributed by atoms with Gasteiger partial charge in [0.1, 0.15) is 5.82 Å². The minimum atomic E-state index is -0.542. The van der Waals surface area contributed by atoms with Gasteiger partial charge < -0.3 is 10.4 Å². The molecule has 1 aromatic rings. The number of benzene rings is 1. The van der Waals surface area contributed by atoms with Crippen LogP contribution in [0.1, 0.15) is 15.9 Å². The Balaban J connectivity index is 3.22. The lowest BCUT2D eigenvalue weighted by molar-refractivity contribution is 0.0963. The Hall–Kier alpha value is -0.940. The molecule has 0 atom stereocenters. The van der Waals surface area contributed by atoms with Crippen molar-refractivity contribution in [1.29, 1.82) is 0 Å². The summed E-state index contributed by atoms with van der Waals surface area (Å²) in [6, 6.07) is 2.69. The van der Waals surface area contributed by atoms with E-state index in [-0.39, 0.29) is 15.9 Å². The van der Waals surface area contributed by atoms with E-state index in [9.17, 15) is 9.18 Å². The van der Waals surface area contributed by atoms with E-state index in [2.05, 4.69) is 21.2 Å². The van der Waals surface area contributed by atoms with Gasteiger partial charge in [-0.1, -0.05) is 0 Å². The maximum Gasteiger partial charge on any atom is 0.251 e. The average Bonchev–Trinajstić information content (AvgIpc) is 2.20. The van der Waals surface area contributed by atoms with Gasteiger partial charge in [-0.25, -0.2) is 4.39 Å². The average molecular weight is 262 g/mol. The van der Waals surface area contributed by atoms with Crippen LogP contribution in [0.2, 0.25) is 0 Å². The molecule has 0 aliphatic carbocycles. The van der Waals surface area contributed by atoms with E-state index in [1.807, 2.05) is 0 Å². The first-order valence-corrected chi connectivity index (χ1v) is 4.70. The number of hydrogen-bond acceptors (Lipinski definition) is 2. The number of carbonyl (C=O) groups is 1. The van der Waals surface area contributed by atoms with Crippen molar-refractivity contribution >= 4 is 21.8 Å². The van der Waals surface area contributed by atoms with Crippen LogP contribution in [-0.2, 0) is 6.61 Å². The normalized spacial score (nSPS) is 10.0. The van der Waals surface area contributed by atoms with Gasteiger partial charge in [0.15, 0.2) is 0 Å². The van der Waals surface area contributed by atoms with Crippen molar-refractivity contribution < 1.29 is 14.3 Å². The standard InChI is InChI=1S/C9H9BrFNO2/c1-12-9(14)5-2-6(4-13)8(11)7(10)3-5/h2-3,13H,4H2,1H3,(H,12,14). The van der Waals surface area contributed by atoms with Crippen LogP contribution in [0.15, 0.2) is 16.6 Å². The Morgan fingerprint density at radius 1 is 1.64 bits per heavy atom. The van der Waals surface area contributed by atoms with E-state index in [1.54, 1.807) is 0 Å². The fourth-order valence-corrected chi connectivity index (χ4v) is 1.54. The van der Waals surface area contributed by atoms with Gasteiger partial charge in [-0.3, -0.25) is 4.79 Å². The molecule has 1 aromatic carbocycles. The van der Waals surface area contributed by atoms with Gasteiger partial charge in [-0.2, -0.15) is 0 Å². The van der Waals surface area contributed by atoms with Crippen molar-refractivity contribution in [3.8, 4) is 0 Å². The molecular weight excluding hydrogens is 253 g/mol. The molecule has 2 N–H and O–H groups in total. The van der Waals surface area contributed by atoms with Crippen molar-refractivity contribution in [2.75, 3.05) is 7.05 Å². The highest BCUT2D eigenvalue weighted by Crippen LogP contribution is 2.21. The Morgan fingerprint density at radius 3 is 2.79 bits per heavy atom. The van der Waals surface area contributed by atoms with E-state index in [0.29, 0.717) is 5.56 Å². The number of nitrogens with one attached hydrogen (secondary N) is 1. The smallest absolute Gasteiger partial charge is 0.251 e. The van der Waals surface area contributed by atoms with Crippen LogP contribution in [0.25, 0.3) is 0 Å². The van der Waals surface area contributed by atoms with E-state index >= 15 is 0 Å². The van der Waals surface area contributed by atoms with Gasteiger partial charge >= 0.3 is 0 Å². The number of halogens is 2. The maximum absolute atomic E-state index is 13.2. The highest BCUT2D eigenvalue weighted by Gasteiger charge is 2.11. The lowest BCUT2D eigenvalue weighted by atomic mass is 10.1. The summed E-state index contributed by atoms with van der Waals surface area (Å²) in [4.78, 5) is 11.2. The molecule has 3 nitrogen and oxygen atoms in total. The molecule has 0 heterocycles. The van der Waals surface area contributed by atoms with Crippen LogP contribution < -0.4 is 5.32 Å². The Bertz CT molecular complexity index is 368. The second-order valence-corrected chi connectivity index (χ2v) is 3.52. The fraction of sp³-hybridized carbons (Fsp3) is 0.222. The fourth-order valence-electron chi connectivity index (χ4n) is 1.04. The second-order valence-electron chi connectivity index (χ2n) is 2.67. The van der Waals surface area contributed by atoms with Gasteiger partial charge in [-0.15, -0.1) is 0 Å². The predicted molar refractivity (Wildman–Crippen MR) is 53.4 cm³/mol. The molecule has 1 amide bonds. The second kappa shape index (κ2) is 4.52.